The molecule has 1 rings (SSSR count). The third kappa shape index (κ3) is 5.19. The summed E-state index contributed by atoms with van der Waals surface area (Å²) in [5.74, 6) is -1.07. The number of imide groups is 1. The predicted molar refractivity (Wildman–Crippen MR) is 99.4 cm³/mol. The Morgan fingerprint density at radius 1 is 1.08 bits per heavy atom. The van der Waals surface area contributed by atoms with E-state index in [0.29, 0.717) is 12.8 Å². The van der Waals surface area contributed by atoms with E-state index < -0.39 is 40.6 Å². The molecular formula is C20H31NO5. The summed E-state index contributed by atoms with van der Waals surface area (Å²) in [6.45, 7) is 17.7. The first-order valence-electron chi connectivity index (χ1n) is 8.77. The molecule has 146 valence electrons. The number of rotatable bonds is 5. The van der Waals surface area contributed by atoms with Gasteiger partial charge in [-0.25, -0.2) is 14.5 Å². The summed E-state index contributed by atoms with van der Waals surface area (Å²) in [6, 6.07) is -1.03. The lowest BCUT2D eigenvalue weighted by atomic mass is 9.78. The number of esters is 1. The maximum atomic E-state index is 13.1. The molecule has 0 saturated carbocycles. The average Bonchev–Trinajstić information content (AvgIpc) is 2.70. The summed E-state index contributed by atoms with van der Waals surface area (Å²) in [5.41, 5.74) is -2.47. The fourth-order valence-electron chi connectivity index (χ4n) is 3.00. The van der Waals surface area contributed by atoms with E-state index in [1.165, 1.54) is 0 Å². The molecular weight excluding hydrogens is 334 g/mol. The summed E-state index contributed by atoms with van der Waals surface area (Å²) < 4.78 is 10.8. The molecule has 1 saturated heterocycles. The van der Waals surface area contributed by atoms with Crippen molar-refractivity contribution in [2.24, 2.45) is 5.41 Å². The Morgan fingerprint density at radius 2 is 1.54 bits per heavy atom. The molecule has 0 aliphatic carbocycles. The number of nitrogens with zero attached hydrogens (tertiary/aromatic N) is 1. The van der Waals surface area contributed by atoms with E-state index in [4.69, 9.17) is 9.47 Å². The topological polar surface area (TPSA) is 72.9 Å². The van der Waals surface area contributed by atoms with Crippen molar-refractivity contribution in [3.8, 4) is 0 Å². The minimum Gasteiger partial charge on any atom is -0.458 e. The number of ether oxygens (including phenoxy) is 2. The molecule has 1 fully saturated rings. The summed E-state index contributed by atoms with van der Waals surface area (Å²) in [5, 5.41) is 0. The lowest BCUT2D eigenvalue weighted by molar-refractivity contribution is -0.161. The number of allylic oxidation sites excluding steroid dienone is 2. The molecule has 6 nitrogen and oxygen atoms in total. The zero-order chi connectivity index (χ0) is 20.3. The SMILES string of the molecule is C=CCC1(CC=C)C[C@@H](C(=O)OC(C)(C)C)N(C(=O)OC(C)(C)C)C1=O. The zero-order valence-electron chi connectivity index (χ0n) is 16.8. The van der Waals surface area contributed by atoms with Gasteiger partial charge in [-0.05, 0) is 60.8 Å². The summed E-state index contributed by atoms with van der Waals surface area (Å²) in [4.78, 5) is 39.4. The van der Waals surface area contributed by atoms with Gasteiger partial charge in [0.1, 0.15) is 17.2 Å². The van der Waals surface area contributed by atoms with Crippen molar-refractivity contribution in [3.05, 3.63) is 25.3 Å². The molecule has 0 bridgehead atoms. The Balaban J connectivity index is 3.30. The van der Waals surface area contributed by atoms with Crippen molar-refractivity contribution in [2.75, 3.05) is 0 Å². The molecule has 0 aromatic heterocycles. The Morgan fingerprint density at radius 3 is 1.92 bits per heavy atom. The van der Waals surface area contributed by atoms with Gasteiger partial charge in [0.25, 0.3) is 0 Å². The number of carbonyl (C=O) groups excluding carboxylic acids is 3. The Hall–Kier alpha value is -2.11. The van der Waals surface area contributed by atoms with Gasteiger partial charge in [0.05, 0.1) is 5.41 Å². The van der Waals surface area contributed by atoms with Crippen molar-refractivity contribution >= 4 is 18.0 Å². The number of hydrogen-bond acceptors (Lipinski definition) is 5. The van der Waals surface area contributed by atoms with E-state index in [-0.39, 0.29) is 6.42 Å². The normalized spacial score (nSPS) is 19.8. The second-order valence-corrected chi connectivity index (χ2v) is 8.67. The van der Waals surface area contributed by atoms with Crippen LogP contribution in [0.5, 0.6) is 0 Å². The molecule has 0 radical (unpaired) electrons. The highest BCUT2D eigenvalue weighted by molar-refractivity contribution is 6.02. The van der Waals surface area contributed by atoms with Crippen LogP contribution < -0.4 is 0 Å². The van der Waals surface area contributed by atoms with Crippen molar-refractivity contribution < 1.29 is 23.9 Å². The maximum absolute atomic E-state index is 13.1. The van der Waals surface area contributed by atoms with Gasteiger partial charge in [-0.1, -0.05) is 12.2 Å². The zero-order valence-corrected chi connectivity index (χ0v) is 16.8. The average molecular weight is 365 g/mol. The molecule has 1 atom stereocenters. The molecule has 26 heavy (non-hydrogen) atoms. The van der Waals surface area contributed by atoms with Gasteiger partial charge in [0.15, 0.2) is 0 Å². The van der Waals surface area contributed by atoms with Crippen LogP contribution >= 0.6 is 0 Å². The maximum Gasteiger partial charge on any atom is 0.417 e. The lowest BCUT2D eigenvalue weighted by Gasteiger charge is -2.28. The first kappa shape index (κ1) is 21.9. The fourth-order valence-corrected chi connectivity index (χ4v) is 3.00. The first-order chi connectivity index (χ1) is 11.8. The largest absolute Gasteiger partial charge is 0.458 e. The van der Waals surface area contributed by atoms with Crippen LogP contribution in [0.15, 0.2) is 25.3 Å². The number of amides is 2. The van der Waals surface area contributed by atoms with E-state index in [1.54, 1.807) is 53.7 Å². The van der Waals surface area contributed by atoms with Crippen molar-refractivity contribution in [1.82, 2.24) is 4.90 Å². The van der Waals surface area contributed by atoms with Gasteiger partial charge in [-0.15, -0.1) is 13.2 Å². The van der Waals surface area contributed by atoms with Gasteiger partial charge in [0, 0.05) is 0 Å². The quantitative estimate of drug-likeness (QED) is 0.544. The number of carbonyl (C=O) groups is 3. The van der Waals surface area contributed by atoms with E-state index in [2.05, 4.69) is 13.2 Å². The number of likely N-dealkylation sites (tertiary alicyclic amines) is 1. The van der Waals surface area contributed by atoms with Crippen LogP contribution in [0.2, 0.25) is 0 Å². The lowest BCUT2D eigenvalue weighted by Crippen LogP contribution is -2.48. The van der Waals surface area contributed by atoms with Crippen molar-refractivity contribution in [1.29, 1.82) is 0 Å². The second-order valence-electron chi connectivity index (χ2n) is 8.67. The first-order valence-corrected chi connectivity index (χ1v) is 8.77. The van der Waals surface area contributed by atoms with Crippen molar-refractivity contribution in [2.45, 2.75) is 78.0 Å². The Bertz CT molecular complexity index is 584. The van der Waals surface area contributed by atoms with Gasteiger partial charge in [0.2, 0.25) is 5.91 Å². The minimum absolute atomic E-state index is 0.151. The number of hydrogen-bond donors (Lipinski definition) is 0. The van der Waals surface area contributed by atoms with Gasteiger partial charge in [-0.3, -0.25) is 4.79 Å². The molecule has 0 spiro atoms. The van der Waals surface area contributed by atoms with Crippen LogP contribution in [0.1, 0.15) is 60.8 Å². The summed E-state index contributed by atoms with van der Waals surface area (Å²) >= 11 is 0. The molecule has 0 aromatic carbocycles. The van der Waals surface area contributed by atoms with Crippen LogP contribution in [-0.4, -0.2) is 40.1 Å². The van der Waals surface area contributed by atoms with E-state index in [1.807, 2.05) is 0 Å². The molecule has 6 heteroatoms. The van der Waals surface area contributed by atoms with Crippen LogP contribution in [-0.2, 0) is 19.1 Å². The predicted octanol–water partition coefficient (Wildman–Crippen LogP) is 4.00. The van der Waals surface area contributed by atoms with Gasteiger partial charge in [-0.2, -0.15) is 0 Å². The third-order valence-corrected chi connectivity index (χ3v) is 3.91. The molecule has 1 aliphatic rings. The van der Waals surface area contributed by atoms with Crippen LogP contribution in [0.25, 0.3) is 0 Å². The van der Waals surface area contributed by atoms with Crippen LogP contribution in [0, 0.1) is 5.41 Å². The minimum atomic E-state index is -1.03. The summed E-state index contributed by atoms with van der Waals surface area (Å²) in [6.07, 6.45) is 3.21. The highest BCUT2D eigenvalue weighted by Gasteiger charge is 2.56. The molecule has 2 amide bonds. The van der Waals surface area contributed by atoms with E-state index >= 15 is 0 Å². The fraction of sp³-hybridized carbons (Fsp3) is 0.650. The summed E-state index contributed by atoms with van der Waals surface area (Å²) in [7, 11) is 0. The van der Waals surface area contributed by atoms with Crippen molar-refractivity contribution in [3.63, 3.8) is 0 Å². The second kappa shape index (κ2) is 7.64. The Kier molecular flexibility index (Phi) is 6.44. The molecule has 1 aliphatic heterocycles. The van der Waals surface area contributed by atoms with Crippen LogP contribution in [0.3, 0.4) is 0 Å². The van der Waals surface area contributed by atoms with Crippen LogP contribution in [0.4, 0.5) is 4.79 Å². The third-order valence-electron chi connectivity index (χ3n) is 3.91. The highest BCUT2D eigenvalue weighted by Crippen LogP contribution is 2.44. The standard InChI is InChI=1S/C20H31NO5/c1-9-11-20(12-10-2)13-14(15(22)25-18(3,4)5)21(16(20)23)17(24)26-19(6,7)8/h9-10,14H,1-2,11-13H2,3-8H3/t14-/m0/s1. The molecule has 0 aromatic rings. The highest BCUT2D eigenvalue weighted by atomic mass is 16.6. The molecule has 1 heterocycles. The molecule has 0 unspecified atom stereocenters. The van der Waals surface area contributed by atoms with E-state index in [0.717, 1.165) is 4.90 Å². The molecule has 0 N–H and O–H groups in total. The van der Waals surface area contributed by atoms with Gasteiger partial charge >= 0.3 is 12.1 Å². The smallest absolute Gasteiger partial charge is 0.417 e. The Labute approximate surface area is 156 Å². The monoisotopic (exact) mass is 365 g/mol. The van der Waals surface area contributed by atoms with E-state index in [9.17, 15) is 14.4 Å². The van der Waals surface area contributed by atoms with Gasteiger partial charge < -0.3 is 9.47 Å².